The largest absolute Gasteiger partial charge is 0.263 e. The summed E-state index contributed by atoms with van der Waals surface area (Å²) in [5.74, 6) is 0. The molecular weight excluding hydrogens is 364 g/mol. The van der Waals surface area contributed by atoms with E-state index in [2.05, 4.69) is 43.5 Å². The van der Waals surface area contributed by atoms with Crippen LogP contribution in [0, 0.1) is 3.57 Å². The summed E-state index contributed by atoms with van der Waals surface area (Å²) in [5.41, 5.74) is 0. The van der Waals surface area contributed by atoms with Crippen molar-refractivity contribution in [3.05, 3.63) is 37.6 Å². The third-order valence-electron chi connectivity index (χ3n) is 1.78. The maximum atomic E-state index is 6.11. The molecule has 0 aliphatic heterocycles. The highest BCUT2D eigenvalue weighted by atomic mass is 127. The van der Waals surface area contributed by atoms with Gasteiger partial charge in [-0.1, -0.05) is 17.7 Å². The summed E-state index contributed by atoms with van der Waals surface area (Å²) in [6, 6.07) is 3.99. The first-order valence-electron chi connectivity index (χ1n) is 3.57. The average Bonchev–Trinajstić information content (AvgIpc) is 2.12. The van der Waals surface area contributed by atoms with Gasteiger partial charge in [0.15, 0.2) is 0 Å². The van der Waals surface area contributed by atoms with Crippen LogP contribution in [-0.4, -0.2) is 4.98 Å². The molecule has 0 aliphatic carbocycles. The second kappa shape index (κ2) is 3.71. The van der Waals surface area contributed by atoms with E-state index in [4.69, 9.17) is 11.6 Å². The molecule has 0 atom stereocenters. The lowest BCUT2D eigenvalue weighted by atomic mass is 10.2. The maximum absolute atomic E-state index is 6.11. The molecule has 4 heteroatoms. The first-order chi connectivity index (χ1) is 6.20. The van der Waals surface area contributed by atoms with Crippen molar-refractivity contribution in [2.24, 2.45) is 0 Å². The van der Waals surface area contributed by atoms with E-state index in [1.54, 1.807) is 6.20 Å². The fraction of sp³-hybridized carbons (Fsp3) is 0. The number of fused-ring (bicyclic) bond motifs is 1. The van der Waals surface area contributed by atoms with Crippen molar-refractivity contribution in [3.8, 4) is 0 Å². The molecule has 66 valence electrons. The summed E-state index contributed by atoms with van der Waals surface area (Å²) in [4.78, 5) is 4.10. The highest BCUT2D eigenvalue weighted by Crippen LogP contribution is 2.32. The number of pyridine rings is 1. The van der Waals surface area contributed by atoms with E-state index in [1.165, 1.54) is 0 Å². The van der Waals surface area contributed by atoms with E-state index < -0.39 is 0 Å². The van der Waals surface area contributed by atoms with Gasteiger partial charge >= 0.3 is 0 Å². The van der Waals surface area contributed by atoms with Crippen LogP contribution in [0.3, 0.4) is 0 Å². The van der Waals surface area contributed by atoms with Crippen LogP contribution >= 0.6 is 50.1 Å². The van der Waals surface area contributed by atoms with Gasteiger partial charge in [-0.15, -0.1) is 0 Å². The van der Waals surface area contributed by atoms with Gasteiger partial charge in [0.2, 0.25) is 0 Å². The molecule has 0 saturated heterocycles. The summed E-state index contributed by atoms with van der Waals surface area (Å²) in [7, 11) is 0. The first kappa shape index (κ1) is 9.68. The molecule has 0 fully saturated rings. The van der Waals surface area contributed by atoms with Crippen LogP contribution in [0.25, 0.3) is 10.8 Å². The van der Waals surface area contributed by atoms with Gasteiger partial charge in [0.25, 0.3) is 0 Å². The fourth-order valence-corrected chi connectivity index (χ4v) is 2.34. The summed E-state index contributed by atoms with van der Waals surface area (Å²) in [6.45, 7) is 0. The van der Waals surface area contributed by atoms with E-state index in [9.17, 15) is 0 Å². The Hall–Kier alpha value is 0.130. The number of halogens is 3. The van der Waals surface area contributed by atoms with Crippen molar-refractivity contribution in [2.45, 2.75) is 0 Å². The molecule has 2 aromatic rings. The van der Waals surface area contributed by atoms with Gasteiger partial charge < -0.3 is 0 Å². The Balaban J connectivity index is 2.94. The van der Waals surface area contributed by atoms with Gasteiger partial charge in [-0.05, 0) is 50.0 Å². The van der Waals surface area contributed by atoms with Crippen LogP contribution in [0.2, 0.25) is 5.02 Å². The molecular formula is C9H4BrClIN. The zero-order valence-corrected chi connectivity index (χ0v) is 10.9. The van der Waals surface area contributed by atoms with Crippen LogP contribution < -0.4 is 0 Å². The minimum Gasteiger partial charge on any atom is -0.263 e. The van der Waals surface area contributed by atoms with Crippen molar-refractivity contribution >= 4 is 60.9 Å². The Morgan fingerprint density at radius 3 is 2.77 bits per heavy atom. The zero-order chi connectivity index (χ0) is 9.42. The fourth-order valence-electron chi connectivity index (χ4n) is 1.15. The second-order valence-corrected chi connectivity index (χ2v) is 4.97. The van der Waals surface area contributed by atoms with Crippen molar-refractivity contribution in [3.63, 3.8) is 0 Å². The summed E-state index contributed by atoms with van der Waals surface area (Å²) >= 11 is 11.7. The molecule has 0 N–H and O–H groups in total. The average molecular weight is 368 g/mol. The van der Waals surface area contributed by atoms with Crippen molar-refractivity contribution in [1.82, 2.24) is 4.98 Å². The van der Waals surface area contributed by atoms with E-state index >= 15 is 0 Å². The van der Waals surface area contributed by atoms with Crippen molar-refractivity contribution in [2.75, 3.05) is 0 Å². The third-order valence-corrected chi connectivity index (χ3v) is 3.94. The molecule has 1 aromatic carbocycles. The number of nitrogens with zero attached hydrogens (tertiary/aromatic N) is 1. The lowest BCUT2D eigenvalue weighted by molar-refractivity contribution is 1.34. The predicted octanol–water partition coefficient (Wildman–Crippen LogP) is 4.26. The minimum absolute atomic E-state index is 0.725. The summed E-state index contributed by atoms with van der Waals surface area (Å²) < 4.78 is 2.02. The monoisotopic (exact) mass is 367 g/mol. The molecule has 0 radical (unpaired) electrons. The molecule has 0 bridgehead atoms. The summed E-state index contributed by atoms with van der Waals surface area (Å²) in [5, 5.41) is 2.86. The van der Waals surface area contributed by atoms with Gasteiger partial charge in [0.1, 0.15) is 0 Å². The Labute approximate surface area is 103 Å². The second-order valence-electron chi connectivity index (χ2n) is 2.58. The minimum atomic E-state index is 0.725. The molecule has 0 amide bonds. The molecule has 1 nitrogen and oxygen atoms in total. The topological polar surface area (TPSA) is 12.9 Å². The number of hydrogen-bond acceptors (Lipinski definition) is 1. The van der Waals surface area contributed by atoms with Gasteiger partial charge in [0.05, 0.1) is 5.02 Å². The first-order valence-corrected chi connectivity index (χ1v) is 5.82. The van der Waals surface area contributed by atoms with E-state index in [-0.39, 0.29) is 0 Å². The molecule has 0 unspecified atom stereocenters. The Morgan fingerprint density at radius 1 is 1.23 bits per heavy atom. The van der Waals surface area contributed by atoms with Crippen LogP contribution in [0.5, 0.6) is 0 Å². The van der Waals surface area contributed by atoms with Crippen LogP contribution in [0.4, 0.5) is 0 Å². The van der Waals surface area contributed by atoms with Gasteiger partial charge in [-0.2, -0.15) is 0 Å². The molecule has 1 aromatic heterocycles. The quantitative estimate of drug-likeness (QED) is 0.634. The normalized spacial score (nSPS) is 10.7. The van der Waals surface area contributed by atoms with Gasteiger partial charge in [-0.3, -0.25) is 4.98 Å². The van der Waals surface area contributed by atoms with Gasteiger partial charge in [0, 0.05) is 25.8 Å². The maximum Gasteiger partial charge on any atom is 0.0642 e. The highest BCUT2D eigenvalue weighted by molar-refractivity contribution is 14.1. The van der Waals surface area contributed by atoms with Gasteiger partial charge in [-0.25, -0.2) is 0 Å². The third kappa shape index (κ3) is 1.69. The van der Waals surface area contributed by atoms with Crippen LogP contribution in [0.1, 0.15) is 0 Å². The van der Waals surface area contributed by atoms with Crippen molar-refractivity contribution < 1.29 is 0 Å². The number of benzene rings is 1. The van der Waals surface area contributed by atoms with Crippen molar-refractivity contribution in [1.29, 1.82) is 0 Å². The molecule has 2 rings (SSSR count). The molecule has 13 heavy (non-hydrogen) atoms. The van der Waals surface area contributed by atoms with Crippen LogP contribution in [-0.2, 0) is 0 Å². The lowest BCUT2D eigenvalue weighted by Gasteiger charge is -2.03. The lowest BCUT2D eigenvalue weighted by Crippen LogP contribution is -1.82. The molecule has 0 saturated carbocycles. The SMILES string of the molecule is Clc1c(Br)ccc2c(I)cncc12. The standard InChI is InChI=1S/C9H4BrClIN/c10-7-2-1-5-6(9(7)11)3-13-4-8(5)12/h1-4H. The Kier molecular flexibility index (Phi) is 2.76. The van der Waals surface area contributed by atoms with E-state index in [0.717, 1.165) is 23.8 Å². The number of hydrogen-bond donors (Lipinski definition) is 0. The van der Waals surface area contributed by atoms with E-state index in [0.29, 0.717) is 0 Å². The molecule has 0 spiro atoms. The van der Waals surface area contributed by atoms with E-state index in [1.807, 2.05) is 18.3 Å². The predicted molar refractivity (Wildman–Crippen MR) is 67.2 cm³/mol. The van der Waals surface area contributed by atoms with Crippen LogP contribution in [0.15, 0.2) is 29.0 Å². The number of aromatic nitrogens is 1. The zero-order valence-electron chi connectivity index (χ0n) is 6.39. The number of rotatable bonds is 0. The Bertz CT molecular complexity index is 472. The molecule has 0 aliphatic rings. The molecule has 1 heterocycles. The summed E-state index contributed by atoms with van der Waals surface area (Å²) in [6.07, 6.45) is 3.61. The smallest absolute Gasteiger partial charge is 0.0642 e. The highest BCUT2D eigenvalue weighted by Gasteiger charge is 2.05. The Morgan fingerprint density at radius 2 is 2.00 bits per heavy atom.